The minimum atomic E-state index is -1.73. The van der Waals surface area contributed by atoms with Gasteiger partial charge in [-0.3, -0.25) is 9.59 Å². The van der Waals surface area contributed by atoms with Crippen LogP contribution in [0.2, 0.25) is 0 Å². The summed E-state index contributed by atoms with van der Waals surface area (Å²) in [5.41, 5.74) is 0.490. The molecule has 3 fully saturated rings. The summed E-state index contributed by atoms with van der Waals surface area (Å²) in [5, 5.41) is 21.7. The molecule has 156 valence electrons. The van der Waals surface area contributed by atoms with Crippen LogP contribution in [0.25, 0.3) is 0 Å². The van der Waals surface area contributed by atoms with E-state index in [0.717, 1.165) is 7.11 Å². The Bertz CT molecular complexity index is 857. The number of aliphatic hydroxyl groups is 1. The van der Waals surface area contributed by atoms with Gasteiger partial charge in [0.15, 0.2) is 5.79 Å². The molecule has 0 aromatic heterocycles. The number of nitrogens with zero attached hydrogens (tertiary/aromatic N) is 1. The summed E-state index contributed by atoms with van der Waals surface area (Å²) in [4.78, 5) is 38.3. The minimum Gasteiger partial charge on any atom is -0.508 e. The monoisotopic (exact) mass is 405 g/mol. The van der Waals surface area contributed by atoms with Crippen LogP contribution in [0.5, 0.6) is 5.75 Å². The van der Waals surface area contributed by atoms with Gasteiger partial charge in [0, 0.05) is 24.5 Å². The summed E-state index contributed by atoms with van der Waals surface area (Å²) in [6.07, 6.45) is -1.35. The van der Waals surface area contributed by atoms with E-state index >= 15 is 0 Å². The first kappa shape index (κ1) is 19.8. The number of carbonyl (C=O) groups excluding carboxylic acids is 3. The minimum absolute atomic E-state index is 0.0181. The molecule has 0 spiro atoms. The van der Waals surface area contributed by atoms with Crippen LogP contribution in [-0.2, 0) is 23.8 Å². The largest absolute Gasteiger partial charge is 0.508 e. The predicted molar refractivity (Wildman–Crippen MR) is 96.2 cm³/mol. The van der Waals surface area contributed by atoms with Gasteiger partial charge in [-0.05, 0) is 18.9 Å². The number of phenolic OH excluding ortho intramolecular Hbond substituents is 1. The molecule has 29 heavy (non-hydrogen) atoms. The smallest absolute Gasteiger partial charge is 0.423 e. The van der Waals surface area contributed by atoms with Crippen LogP contribution in [0.3, 0.4) is 0 Å². The van der Waals surface area contributed by atoms with E-state index in [2.05, 4.69) is 4.74 Å². The zero-order valence-corrected chi connectivity index (χ0v) is 16.1. The lowest BCUT2D eigenvalue weighted by molar-refractivity contribution is -0.275. The SMILES string of the molecule is COC[C@H]1C[C@@H]2C(=O)N(C(=O)OC)C(=O)[C@@H]2[C@@H]2C[C@@H](c3ccccc3O)O[C@]12O. The summed E-state index contributed by atoms with van der Waals surface area (Å²) >= 11 is 0. The van der Waals surface area contributed by atoms with Crippen LogP contribution in [0.1, 0.15) is 24.5 Å². The molecule has 1 aromatic rings. The fraction of sp³-hybridized carbons (Fsp3) is 0.550. The van der Waals surface area contributed by atoms with Crippen LogP contribution in [0, 0.1) is 23.7 Å². The number of benzene rings is 1. The molecule has 0 radical (unpaired) electrons. The molecular formula is C20H23NO8. The van der Waals surface area contributed by atoms with Crippen molar-refractivity contribution < 1.29 is 38.8 Å². The molecule has 1 aromatic carbocycles. The maximum atomic E-state index is 13.0. The van der Waals surface area contributed by atoms with Gasteiger partial charge in [-0.2, -0.15) is 4.90 Å². The summed E-state index contributed by atoms with van der Waals surface area (Å²) in [6.45, 7) is 0.114. The molecule has 4 rings (SSSR count). The topological polar surface area (TPSA) is 123 Å². The van der Waals surface area contributed by atoms with Gasteiger partial charge in [0.05, 0.1) is 31.7 Å². The quantitative estimate of drug-likeness (QED) is 0.719. The Hall–Kier alpha value is -2.49. The van der Waals surface area contributed by atoms with E-state index in [0.29, 0.717) is 10.5 Å². The molecule has 1 aliphatic carbocycles. The Morgan fingerprint density at radius 3 is 2.62 bits per heavy atom. The second-order valence-corrected chi connectivity index (χ2v) is 7.76. The second-order valence-electron chi connectivity index (χ2n) is 7.76. The number of carbonyl (C=O) groups is 3. The number of amides is 3. The lowest BCUT2D eigenvalue weighted by Crippen LogP contribution is -2.54. The second kappa shape index (κ2) is 7.08. The van der Waals surface area contributed by atoms with E-state index in [9.17, 15) is 24.6 Å². The van der Waals surface area contributed by atoms with Crippen LogP contribution in [0.4, 0.5) is 4.79 Å². The number of hydrogen-bond donors (Lipinski definition) is 2. The maximum Gasteiger partial charge on any atom is 0.423 e. The van der Waals surface area contributed by atoms with Crippen LogP contribution < -0.4 is 0 Å². The Morgan fingerprint density at radius 1 is 1.24 bits per heavy atom. The molecule has 0 bridgehead atoms. The lowest BCUT2D eigenvalue weighted by Gasteiger charge is -2.44. The van der Waals surface area contributed by atoms with Crippen molar-refractivity contribution in [1.29, 1.82) is 0 Å². The van der Waals surface area contributed by atoms with Gasteiger partial charge in [0.2, 0.25) is 11.8 Å². The van der Waals surface area contributed by atoms with E-state index in [4.69, 9.17) is 9.47 Å². The normalized spacial score (nSPS) is 36.1. The van der Waals surface area contributed by atoms with E-state index in [1.54, 1.807) is 18.2 Å². The Balaban J connectivity index is 1.73. The first-order valence-corrected chi connectivity index (χ1v) is 9.46. The number of likely N-dealkylation sites (tertiary alicyclic amines) is 1. The zero-order chi connectivity index (χ0) is 20.9. The lowest BCUT2D eigenvalue weighted by atomic mass is 9.64. The molecule has 2 aliphatic heterocycles. The summed E-state index contributed by atoms with van der Waals surface area (Å²) < 4.78 is 15.8. The molecule has 2 saturated heterocycles. The van der Waals surface area contributed by atoms with E-state index in [1.807, 2.05) is 0 Å². The molecule has 2 N–H and O–H groups in total. The third-order valence-electron chi connectivity index (χ3n) is 6.37. The fourth-order valence-corrected chi connectivity index (χ4v) is 5.10. The number of imide groups is 3. The van der Waals surface area contributed by atoms with Crippen molar-refractivity contribution in [1.82, 2.24) is 4.90 Å². The molecule has 3 amide bonds. The van der Waals surface area contributed by atoms with Crippen molar-refractivity contribution in [2.45, 2.75) is 24.7 Å². The number of phenols is 1. The molecular weight excluding hydrogens is 382 g/mol. The molecule has 3 aliphatic rings. The standard InChI is InChI=1S/C20H23NO8/c1-27-9-10-7-12-16(18(24)21(17(12)23)19(25)28-2)13-8-15(29-20(10,13)26)11-5-3-4-6-14(11)22/h3-6,10,12-13,15-16,22,26H,7-9H2,1-2H3/t10-,12+,13+,15+,16+,20-/m1/s1. The zero-order valence-electron chi connectivity index (χ0n) is 16.1. The first-order valence-electron chi connectivity index (χ1n) is 9.46. The molecule has 0 unspecified atom stereocenters. The van der Waals surface area contributed by atoms with Gasteiger partial charge in [-0.1, -0.05) is 18.2 Å². The van der Waals surface area contributed by atoms with Crippen molar-refractivity contribution in [3.8, 4) is 5.75 Å². The predicted octanol–water partition coefficient (Wildman–Crippen LogP) is 1.19. The highest BCUT2D eigenvalue weighted by molar-refractivity contribution is 6.15. The van der Waals surface area contributed by atoms with Crippen molar-refractivity contribution >= 4 is 17.9 Å². The van der Waals surface area contributed by atoms with Gasteiger partial charge in [0.25, 0.3) is 0 Å². The highest BCUT2D eigenvalue weighted by Gasteiger charge is 2.67. The van der Waals surface area contributed by atoms with Crippen molar-refractivity contribution in [3.63, 3.8) is 0 Å². The summed E-state index contributed by atoms with van der Waals surface area (Å²) in [5.74, 6) is -6.01. The van der Waals surface area contributed by atoms with E-state index in [1.165, 1.54) is 13.2 Å². The van der Waals surface area contributed by atoms with E-state index in [-0.39, 0.29) is 25.2 Å². The number of hydrogen-bond acceptors (Lipinski definition) is 8. The molecule has 9 nitrogen and oxygen atoms in total. The van der Waals surface area contributed by atoms with Crippen LogP contribution in [0.15, 0.2) is 24.3 Å². The third-order valence-corrected chi connectivity index (χ3v) is 6.37. The van der Waals surface area contributed by atoms with Gasteiger partial charge in [-0.25, -0.2) is 4.79 Å². The summed E-state index contributed by atoms with van der Waals surface area (Å²) in [6, 6.07) is 6.62. The summed E-state index contributed by atoms with van der Waals surface area (Å²) in [7, 11) is 2.57. The molecule has 9 heteroatoms. The Morgan fingerprint density at radius 2 is 1.97 bits per heavy atom. The van der Waals surface area contributed by atoms with Gasteiger partial charge < -0.3 is 24.4 Å². The maximum absolute atomic E-state index is 13.0. The van der Waals surface area contributed by atoms with Gasteiger partial charge >= 0.3 is 6.09 Å². The number of rotatable bonds is 3. The number of fused-ring (bicyclic) bond motifs is 3. The van der Waals surface area contributed by atoms with Gasteiger partial charge in [0.1, 0.15) is 5.75 Å². The van der Waals surface area contributed by atoms with Crippen molar-refractivity contribution in [2.75, 3.05) is 20.8 Å². The number of para-hydroxylation sites is 1. The fourth-order valence-electron chi connectivity index (χ4n) is 5.10. The number of ether oxygens (including phenoxy) is 3. The molecule has 2 heterocycles. The van der Waals surface area contributed by atoms with Crippen LogP contribution >= 0.6 is 0 Å². The first-order chi connectivity index (χ1) is 13.8. The Kier molecular flexibility index (Phi) is 4.84. The van der Waals surface area contributed by atoms with Crippen molar-refractivity contribution in [2.24, 2.45) is 23.7 Å². The van der Waals surface area contributed by atoms with E-state index < -0.39 is 53.5 Å². The molecule has 1 saturated carbocycles. The third kappa shape index (κ3) is 2.84. The number of methoxy groups -OCH3 is 2. The average molecular weight is 405 g/mol. The molecule has 6 atom stereocenters. The highest BCUT2D eigenvalue weighted by Crippen LogP contribution is 2.58. The van der Waals surface area contributed by atoms with Gasteiger partial charge in [-0.15, -0.1) is 0 Å². The van der Waals surface area contributed by atoms with Crippen LogP contribution in [-0.4, -0.2) is 59.6 Å². The number of aromatic hydroxyl groups is 1. The highest BCUT2D eigenvalue weighted by atomic mass is 16.6. The Labute approximate surface area is 167 Å². The van der Waals surface area contributed by atoms with Crippen molar-refractivity contribution in [3.05, 3.63) is 29.8 Å². The average Bonchev–Trinajstić information content (AvgIpc) is 3.17.